The van der Waals surface area contributed by atoms with Crippen LogP contribution in [0, 0.1) is 0 Å². The highest BCUT2D eigenvalue weighted by Gasteiger charge is 2.31. The number of unbranched alkanes of at least 4 members (excludes halogenated alkanes) is 1. The lowest BCUT2D eigenvalue weighted by atomic mass is 9.84. The van der Waals surface area contributed by atoms with Crippen LogP contribution in [0.5, 0.6) is 5.75 Å². The molecule has 0 fully saturated rings. The number of alkyl halides is 3. The Morgan fingerprint density at radius 1 is 0.957 bits per heavy atom. The minimum Gasteiger partial charge on any atom is -0.406 e. The highest BCUT2D eigenvalue weighted by atomic mass is 19.4. The molecule has 0 aliphatic heterocycles. The summed E-state index contributed by atoms with van der Waals surface area (Å²) >= 11 is 0. The number of rotatable bonds is 4. The summed E-state index contributed by atoms with van der Waals surface area (Å²) in [4.78, 5) is 0. The lowest BCUT2D eigenvalue weighted by Gasteiger charge is -2.21. The predicted molar refractivity (Wildman–Crippen MR) is 84.6 cm³/mol. The average Bonchev–Trinajstić information content (AvgIpc) is 2.50. The summed E-state index contributed by atoms with van der Waals surface area (Å²) in [7, 11) is 0. The topological polar surface area (TPSA) is 9.23 Å². The van der Waals surface area contributed by atoms with Crippen molar-refractivity contribution in [2.75, 3.05) is 0 Å². The maximum Gasteiger partial charge on any atom is 0.573 e. The summed E-state index contributed by atoms with van der Waals surface area (Å²) in [5.74, 6) is -0.140. The van der Waals surface area contributed by atoms with Gasteiger partial charge in [-0.1, -0.05) is 37.6 Å². The van der Waals surface area contributed by atoms with E-state index in [1.807, 2.05) is 0 Å². The summed E-state index contributed by atoms with van der Waals surface area (Å²) in [6.07, 6.45) is 0.381. The second-order valence-corrected chi connectivity index (χ2v) is 5.96. The number of benzene rings is 2. The fourth-order valence-corrected chi connectivity index (χ4v) is 3.16. The molecular formula is C19H19F3O. The van der Waals surface area contributed by atoms with Crippen LogP contribution >= 0.6 is 0 Å². The van der Waals surface area contributed by atoms with Gasteiger partial charge in [0, 0.05) is 0 Å². The summed E-state index contributed by atoms with van der Waals surface area (Å²) in [5.41, 5.74) is 5.69. The Balaban J connectivity index is 1.89. The zero-order chi connectivity index (χ0) is 16.4. The maximum absolute atomic E-state index is 12.3. The van der Waals surface area contributed by atoms with Gasteiger partial charge < -0.3 is 4.74 Å². The molecule has 0 aromatic heterocycles. The van der Waals surface area contributed by atoms with E-state index in [0.717, 1.165) is 36.0 Å². The van der Waals surface area contributed by atoms with Gasteiger partial charge >= 0.3 is 6.36 Å². The van der Waals surface area contributed by atoms with Crippen LogP contribution in [0.15, 0.2) is 36.4 Å². The molecule has 122 valence electrons. The normalized spacial score (nSPS) is 13.4. The second kappa shape index (κ2) is 6.26. The molecule has 0 amide bonds. The highest BCUT2D eigenvalue weighted by molar-refractivity contribution is 5.74. The quantitative estimate of drug-likeness (QED) is 0.703. The third-order valence-electron chi connectivity index (χ3n) is 4.25. The van der Waals surface area contributed by atoms with Crippen LogP contribution in [-0.2, 0) is 19.3 Å². The Labute approximate surface area is 134 Å². The molecule has 1 aliphatic rings. The molecule has 0 atom stereocenters. The van der Waals surface area contributed by atoms with Gasteiger partial charge in [-0.25, -0.2) is 0 Å². The smallest absolute Gasteiger partial charge is 0.406 e. The monoisotopic (exact) mass is 320 g/mol. The third-order valence-corrected chi connectivity index (χ3v) is 4.25. The van der Waals surface area contributed by atoms with Crippen molar-refractivity contribution >= 4 is 0 Å². The van der Waals surface area contributed by atoms with Crippen LogP contribution in [-0.4, -0.2) is 6.36 Å². The Kier molecular flexibility index (Phi) is 4.33. The molecule has 0 N–H and O–H groups in total. The summed E-state index contributed by atoms with van der Waals surface area (Å²) in [5, 5.41) is 0. The highest BCUT2D eigenvalue weighted by Crippen LogP contribution is 2.37. The molecule has 0 heterocycles. The van der Waals surface area contributed by atoms with Crippen molar-refractivity contribution in [3.8, 4) is 16.9 Å². The number of halogens is 3. The van der Waals surface area contributed by atoms with Gasteiger partial charge in [0.25, 0.3) is 0 Å². The molecule has 2 aromatic carbocycles. The van der Waals surface area contributed by atoms with Crippen molar-refractivity contribution in [3.63, 3.8) is 0 Å². The van der Waals surface area contributed by atoms with Gasteiger partial charge in [0.2, 0.25) is 0 Å². The largest absolute Gasteiger partial charge is 0.573 e. The molecule has 2 aromatic rings. The van der Waals surface area contributed by atoms with Gasteiger partial charge in [-0.3, -0.25) is 0 Å². The van der Waals surface area contributed by atoms with E-state index in [1.54, 1.807) is 6.07 Å². The first-order valence-electron chi connectivity index (χ1n) is 7.97. The first-order valence-corrected chi connectivity index (χ1v) is 7.97. The van der Waals surface area contributed by atoms with E-state index in [4.69, 9.17) is 0 Å². The minimum absolute atomic E-state index is 0.140. The Morgan fingerprint density at radius 3 is 2.26 bits per heavy atom. The van der Waals surface area contributed by atoms with Crippen molar-refractivity contribution in [3.05, 3.63) is 53.1 Å². The molecule has 0 radical (unpaired) electrons. The van der Waals surface area contributed by atoms with E-state index in [-0.39, 0.29) is 5.75 Å². The fraction of sp³-hybridized carbons (Fsp3) is 0.368. The minimum atomic E-state index is -4.64. The Morgan fingerprint density at radius 2 is 1.61 bits per heavy atom. The SMILES string of the molecule is CCCCc1ccc2c(c1)CCc1cc(OC(F)(F)F)ccc1-2. The van der Waals surface area contributed by atoms with Gasteiger partial charge in [0.1, 0.15) is 5.75 Å². The first kappa shape index (κ1) is 15.9. The van der Waals surface area contributed by atoms with E-state index in [2.05, 4.69) is 29.9 Å². The molecule has 0 bridgehead atoms. The van der Waals surface area contributed by atoms with E-state index in [0.29, 0.717) is 0 Å². The molecule has 0 saturated heterocycles. The van der Waals surface area contributed by atoms with Gasteiger partial charge in [0.05, 0.1) is 0 Å². The molecule has 0 spiro atoms. The average molecular weight is 320 g/mol. The first-order chi connectivity index (χ1) is 11.0. The van der Waals surface area contributed by atoms with Crippen LogP contribution < -0.4 is 4.74 Å². The zero-order valence-electron chi connectivity index (χ0n) is 13.0. The second-order valence-electron chi connectivity index (χ2n) is 5.96. The fourth-order valence-electron chi connectivity index (χ4n) is 3.16. The lowest BCUT2D eigenvalue weighted by Crippen LogP contribution is -2.17. The number of hydrogen-bond donors (Lipinski definition) is 0. The molecule has 3 rings (SSSR count). The molecule has 23 heavy (non-hydrogen) atoms. The molecule has 1 nitrogen and oxygen atoms in total. The van der Waals surface area contributed by atoms with Crippen molar-refractivity contribution in [2.24, 2.45) is 0 Å². The van der Waals surface area contributed by atoms with E-state index < -0.39 is 6.36 Å². The number of fused-ring (bicyclic) bond motifs is 3. The van der Waals surface area contributed by atoms with Crippen LogP contribution in [0.2, 0.25) is 0 Å². The van der Waals surface area contributed by atoms with Crippen molar-refractivity contribution < 1.29 is 17.9 Å². The third kappa shape index (κ3) is 3.69. The van der Waals surface area contributed by atoms with Crippen LogP contribution in [0.1, 0.15) is 36.5 Å². The van der Waals surface area contributed by atoms with Gasteiger partial charge in [0.15, 0.2) is 0 Å². The van der Waals surface area contributed by atoms with Crippen molar-refractivity contribution in [1.29, 1.82) is 0 Å². The summed E-state index contributed by atoms with van der Waals surface area (Å²) in [6.45, 7) is 2.18. The van der Waals surface area contributed by atoms with E-state index in [1.165, 1.54) is 36.1 Å². The van der Waals surface area contributed by atoms with Crippen molar-refractivity contribution in [1.82, 2.24) is 0 Å². The molecule has 0 saturated carbocycles. The molecule has 4 heteroatoms. The Hall–Kier alpha value is -1.97. The van der Waals surface area contributed by atoms with Crippen LogP contribution in [0.3, 0.4) is 0 Å². The lowest BCUT2D eigenvalue weighted by molar-refractivity contribution is -0.274. The van der Waals surface area contributed by atoms with Crippen LogP contribution in [0.4, 0.5) is 13.2 Å². The summed E-state index contributed by atoms with van der Waals surface area (Å²) in [6, 6.07) is 11.1. The van der Waals surface area contributed by atoms with Gasteiger partial charge in [-0.15, -0.1) is 13.2 Å². The molecular weight excluding hydrogens is 301 g/mol. The molecule has 1 aliphatic carbocycles. The maximum atomic E-state index is 12.3. The van der Waals surface area contributed by atoms with E-state index in [9.17, 15) is 13.2 Å². The summed E-state index contributed by atoms with van der Waals surface area (Å²) < 4.78 is 41.0. The predicted octanol–water partition coefficient (Wildman–Crippen LogP) is 5.69. The van der Waals surface area contributed by atoms with Crippen LogP contribution in [0.25, 0.3) is 11.1 Å². The number of aryl methyl sites for hydroxylation is 3. The number of hydrogen-bond acceptors (Lipinski definition) is 1. The molecule has 0 unspecified atom stereocenters. The van der Waals surface area contributed by atoms with Gasteiger partial charge in [-0.05, 0) is 65.6 Å². The standard InChI is InChI=1S/C19H19F3O/c1-2-3-4-13-5-9-17-14(11-13)6-7-15-12-16(8-10-18(15)17)23-19(20,21)22/h5,8-12H,2-4,6-7H2,1H3. The zero-order valence-corrected chi connectivity index (χ0v) is 13.0. The Bertz CT molecular complexity index is 704. The van der Waals surface area contributed by atoms with Gasteiger partial charge in [-0.2, -0.15) is 0 Å². The number of ether oxygens (including phenoxy) is 1. The van der Waals surface area contributed by atoms with E-state index >= 15 is 0 Å². The van der Waals surface area contributed by atoms with Crippen molar-refractivity contribution in [2.45, 2.75) is 45.4 Å².